The molecule has 1 aromatic carbocycles. The summed E-state index contributed by atoms with van der Waals surface area (Å²) in [6.45, 7) is 0.869. The van der Waals surface area contributed by atoms with Gasteiger partial charge in [-0.25, -0.2) is 0 Å². The fraction of sp³-hybridized carbons (Fsp3) is 0.625. The third-order valence-electron chi connectivity index (χ3n) is 4.34. The van der Waals surface area contributed by atoms with E-state index >= 15 is 0 Å². The van der Waals surface area contributed by atoms with Gasteiger partial charge >= 0.3 is 0 Å². The second-order valence-electron chi connectivity index (χ2n) is 5.58. The van der Waals surface area contributed by atoms with Gasteiger partial charge < -0.3 is 25.1 Å². The van der Waals surface area contributed by atoms with Crippen LogP contribution < -0.4 is 19.9 Å². The molecule has 2 unspecified atom stereocenters. The highest BCUT2D eigenvalue weighted by Gasteiger charge is 2.39. The Bertz CT molecular complexity index is 443. The van der Waals surface area contributed by atoms with Crippen LogP contribution in [0.25, 0.3) is 0 Å². The van der Waals surface area contributed by atoms with Gasteiger partial charge in [-0.1, -0.05) is 6.42 Å². The first-order chi connectivity index (χ1) is 10.1. The Labute approximate surface area is 126 Å². The Kier molecular flexibility index (Phi) is 5.31. The third kappa shape index (κ3) is 3.80. The van der Waals surface area contributed by atoms with E-state index in [-0.39, 0.29) is 5.92 Å². The topological polar surface area (TPSA) is 73.9 Å². The molecule has 1 fully saturated rings. The third-order valence-corrected chi connectivity index (χ3v) is 4.34. The second kappa shape index (κ2) is 7.00. The first-order valence-electron chi connectivity index (χ1n) is 7.39. The predicted molar refractivity (Wildman–Crippen MR) is 81.0 cm³/mol. The largest absolute Gasteiger partial charge is 0.496 e. The lowest BCUT2D eigenvalue weighted by atomic mass is 9.88. The lowest BCUT2D eigenvalue weighted by molar-refractivity contribution is 0.00353. The molecule has 2 rings (SSSR count). The smallest absolute Gasteiger partial charge is 0.126 e. The minimum atomic E-state index is -0.713. The predicted octanol–water partition coefficient (Wildman–Crippen LogP) is 1.96. The van der Waals surface area contributed by atoms with Crippen molar-refractivity contribution in [1.29, 1.82) is 0 Å². The molecule has 5 nitrogen and oxygen atoms in total. The average Bonchev–Trinajstić information content (AvgIpc) is 2.88. The summed E-state index contributed by atoms with van der Waals surface area (Å²) in [5.74, 6) is 2.32. The molecule has 1 aliphatic carbocycles. The zero-order chi connectivity index (χ0) is 15.3. The van der Waals surface area contributed by atoms with Crippen molar-refractivity contribution in [3.05, 3.63) is 18.2 Å². The van der Waals surface area contributed by atoms with E-state index in [0.29, 0.717) is 30.4 Å². The van der Waals surface area contributed by atoms with E-state index in [4.69, 9.17) is 19.9 Å². The summed E-state index contributed by atoms with van der Waals surface area (Å²) in [6, 6.07) is 5.45. The molecule has 0 aromatic heterocycles. The molecule has 21 heavy (non-hydrogen) atoms. The molecule has 0 aliphatic heterocycles. The van der Waals surface area contributed by atoms with E-state index in [9.17, 15) is 5.11 Å². The Hall–Kier alpha value is -1.46. The van der Waals surface area contributed by atoms with Crippen molar-refractivity contribution in [3.8, 4) is 17.2 Å². The molecule has 1 saturated carbocycles. The van der Waals surface area contributed by atoms with Crippen LogP contribution in [0.4, 0.5) is 0 Å². The van der Waals surface area contributed by atoms with Crippen molar-refractivity contribution in [1.82, 2.24) is 0 Å². The van der Waals surface area contributed by atoms with Gasteiger partial charge in [0.2, 0.25) is 0 Å². The summed E-state index contributed by atoms with van der Waals surface area (Å²) in [5.41, 5.74) is 4.98. The standard InChI is InChI=1S/C16H25NO4/c1-19-13-8-14(20-2)10-15(9-13)21-7-5-12-4-3-6-16(12,18)11-17/h8-10,12,18H,3-7,11,17H2,1-2H3. The number of rotatable bonds is 7. The van der Waals surface area contributed by atoms with Gasteiger partial charge in [-0.05, 0) is 25.2 Å². The molecular weight excluding hydrogens is 270 g/mol. The highest BCUT2D eigenvalue weighted by atomic mass is 16.5. The minimum absolute atomic E-state index is 0.218. The van der Waals surface area contributed by atoms with E-state index in [2.05, 4.69) is 0 Å². The molecule has 1 aromatic rings. The Morgan fingerprint density at radius 1 is 1.19 bits per heavy atom. The normalized spacial score (nSPS) is 24.9. The van der Waals surface area contributed by atoms with Gasteiger partial charge in [0.15, 0.2) is 0 Å². The summed E-state index contributed by atoms with van der Waals surface area (Å²) < 4.78 is 16.2. The molecule has 2 atom stereocenters. The van der Waals surface area contributed by atoms with Gasteiger partial charge in [0.1, 0.15) is 17.2 Å². The van der Waals surface area contributed by atoms with Crippen molar-refractivity contribution in [2.24, 2.45) is 11.7 Å². The summed E-state index contributed by atoms with van der Waals surface area (Å²) in [4.78, 5) is 0. The Balaban J connectivity index is 1.91. The van der Waals surface area contributed by atoms with Crippen LogP contribution in [0.3, 0.4) is 0 Å². The molecule has 0 saturated heterocycles. The van der Waals surface area contributed by atoms with E-state index in [1.807, 2.05) is 12.1 Å². The molecule has 1 aliphatic rings. The minimum Gasteiger partial charge on any atom is -0.496 e. The molecular formula is C16H25NO4. The lowest BCUT2D eigenvalue weighted by Gasteiger charge is -2.28. The molecule has 0 amide bonds. The van der Waals surface area contributed by atoms with Crippen LogP contribution in [-0.4, -0.2) is 38.1 Å². The lowest BCUT2D eigenvalue weighted by Crippen LogP contribution is -2.41. The number of methoxy groups -OCH3 is 2. The van der Waals surface area contributed by atoms with Crippen LogP contribution in [0.1, 0.15) is 25.7 Å². The van der Waals surface area contributed by atoms with Gasteiger partial charge in [0, 0.05) is 24.7 Å². The molecule has 0 heterocycles. The molecule has 0 spiro atoms. The number of aliphatic hydroxyl groups is 1. The first kappa shape index (κ1) is 15.9. The summed E-state index contributed by atoms with van der Waals surface area (Å²) in [5, 5.41) is 10.4. The van der Waals surface area contributed by atoms with Crippen LogP contribution in [0.5, 0.6) is 17.2 Å². The van der Waals surface area contributed by atoms with E-state index in [1.54, 1.807) is 20.3 Å². The van der Waals surface area contributed by atoms with Crippen molar-refractivity contribution in [2.45, 2.75) is 31.3 Å². The second-order valence-corrected chi connectivity index (χ2v) is 5.58. The van der Waals surface area contributed by atoms with Gasteiger partial charge in [-0.2, -0.15) is 0 Å². The van der Waals surface area contributed by atoms with Crippen LogP contribution in [0, 0.1) is 5.92 Å². The fourth-order valence-electron chi connectivity index (χ4n) is 2.99. The van der Waals surface area contributed by atoms with E-state index < -0.39 is 5.60 Å². The molecule has 5 heteroatoms. The molecule has 118 valence electrons. The van der Waals surface area contributed by atoms with Gasteiger partial charge in [0.25, 0.3) is 0 Å². The molecule has 0 bridgehead atoms. The van der Waals surface area contributed by atoms with Crippen molar-refractivity contribution < 1.29 is 19.3 Å². The highest BCUT2D eigenvalue weighted by Crippen LogP contribution is 2.37. The maximum absolute atomic E-state index is 10.4. The van der Waals surface area contributed by atoms with Gasteiger partial charge in [-0.15, -0.1) is 0 Å². The maximum atomic E-state index is 10.4. The van der Waals surface area contributed by atoms with Crippen LogP contribution in [0.15, 0.2) is 18.2 Å². The van der Waals surface area contributed by atoms with Crippen LogP contribution in [-0.2, 0) is 0 Å². The summed E-state index contributed by atoms with van der Waals surface area (Å²) in [7, 11) is 3.22. The average molecular weight is 295 g/mol. The van der Waals surface area contributed by atoms with Crippen LogP contribution >= 0.6 is 0 Å². The SMILES string of the molecule is COc1cc(OC)cc(OCCC2CCCC2(O)CN)c1. The van der Waals surface area contributed by atoms with Crippen molar-refractivity contribution >= 4 is 0 Å². The Morgan fingerprint density at radius 2 is 1.81 bits per heavy atom. The highest BCUT2D eigenvalue weighted by molar-refractivity contribution is 5.41. The molecule has 3 N–H and O–H groups in total. The van der Waals surface area contributed by atoms with Crippen molar-refractivity contribution in [2.75, 3.05) is 27.4 Å². The number of hydrogen-bond acceptors (Lipinski definition) is 5. The number of benzene rings is 1. The summed E-state index contributed by atoms with van der Waals surface area (Å²) >= 11 is 0. The van der Waals surface area contributed by atoms with E-state index in [0.717, 1.165) is 25.7 Å². The quantitative estimate of drug-likeness (QED) is 0.804. The van der Waals surface area contributed by atoms with Crippen LogP contribution in [0.2, 0.25) is 0 Å². The number of ether oxygens (including phenoxy) is 3. The van der Waals surface area contributed by atoms with Gasteiger partial charge in [0.05, 0.1) is 26.4 Å². The zero-order valence-corrected chi connectivity index (χ0v) is 12.8. The Morgan fingerprint density at radius 3 is 2.38 bits per heavy atom. The monoisotopic (exact) mass is 295 g/mol. The van der Waals surface area contributed by atoms with E-state index in [1.165, 1.54) is 0 Å². The summed E-state index contributed by atoms with van der Waals surface area (Å²) in [6.07, 6.45) is 3.64. The first-order valence-corrected chi connectivity index (χ1v) is 7.39. The van der Waals surface area contributed by atoms with Crippen molar-refractivity contribution in [3.63, 3.8) is 0 Å². The number of hydrogen-bond donors (Lipinski definition) is 2. The maximum Gasteiger partial charge on any atom is 0.126 e. The van der Waals surface area contributed by atoms with Gasteiger partial charge in [-0.3, -0.25) is 0 Å². The fourth-order valence-corrected chi connectivity index (χ4v) is 2.99. The zero-order valence-electron chi connectivity index (χ0n) is 12.8. The molecule has 0 radical (unpaired) electrons. The number of nitrogens with two attached hydrogens (primary N) is 1.